The van der Waals surface area contributed by atoms with Crippen molar-refractivity contribution in [3.05, 3.63) is 41.9 Å². The van der Waals surface area contributed by atoms with E-state index in [0.29, 0.717) is 0 Å². The van der Waals surface area contributed by atoms with Gasteiger partial charge in [-0.25, -0.2) is 15.0 Å². The van der Waals surface area contributed by atoms with Crippen LogP contribution in [0.25, 0.3) is 11.9 Å². The number of rotatable bonds is 2. The summed E-state index contributed by atoms with van der Waals surface area (Å²) in [6.45, 7) is 9.53. The molecule has 0 aliphatic rings. The van der Waals surface area contributed by atoms with Gasteiger partial charge >= 0.3 is 0 Å². The number of aromatic nitrogens is 4. The lowest BCUT2D eigenvalue weighted by atomic mass is 10.3. The number of hydrogen-bond donors (Lipinski definition) is 0. The molecule has 4 heteroatoms. The first-order chi connectivity index (χ1) is 7.61. The van der Waals surface area contributed by atoms with Gasteiger partial charge in [-0.3, -0.25) is 4.57 Å². The summed E-state index contributed by atoms with van der Waals surface area (Å²) in [5.41, 5.74) is 1.88. The average Bonchev–Trinajstić information content (AvgIpc) is 2.63. The maximum Gasteiger partial charge on any atom is 0.144 e. The van der Waals surface area contributed by atoms with Gasteiger partial charge in [0.1, 0.15) is 17.5 Å². The van der Waals surface area contributed by atoms with Crippen molar-refractivity contribution in [2.45, 2.75) is 20.8 Å². The Bertz CT molecular complexity index is 540. The summed E-state index contributed by atoms with van der Waals surface area (Å²) in [5, 5.41) is 0. The van der Waals surface area contributed by atoms with Gasteiger partial charge in [0.25, 0.3) is 0 Å². The molecule has 2 rings (SSSR count). The lowest BCUT2D eigenvalue weighted by Crippen LogP contribution is -2.04. The van der Waals surface area contributed by atoms with E-state index in [1.54, 1.807) is 6.08 Å². The van der Waals surface area contributed by atoms with Crippen LogP contribution in [0.2, 0.25) is 0 Å². The molecule has 0 amide bonds. The summed E-state index contributed by atoms with van der Waals surface area (Å²) in [6, 6.07) is 0. The molecule has 0 spiro atoms. The summed E-state index contributed by atoms with van der Waals surface area (Å²) in [5.74, 6) is 2.54. The molecule has 0 radical (unpaired) electrons. The summed E-state index contributed by atoms with van der Waals surface area (Å²) in [4.78, 5) is 12.9. The van der Waals surface area contributed by atoms with Crippen molar-refractivity contribution < 1.29 is 0 Å². The molecule has 0 saturated carbocycles. The first kappa shape index (κ1) is 10.5. The Morgan fingerprint density at radius 1 is 1.25 bits per heavy atom. The van der Waals surface area contributed by atoms with Gasteiger partial charge in [-0.15, -0.1) is 0 Å². The zero-order chi connectivity index (χ0) is 11.7. The highest BCUT2D eigenvalue weighted by atomic mass is 15.1. The van der Waals surface area contributed by atoms with Gasteiger partial charge in [0.15, 0.2) is 0 Å². The molecule has 0 aromatic carbocycles. The van der Waals surface area contributed by atoms with Gasteiger partial charge in [-0.05, 0) is 26.8 Å². The van der Waals surface area contributed by atoms with Crippen molar-refractivity contribution >= 4 is 6.08 Å². The fourth-order valence-corrected chi connectivity index (χ4v) is 1.57. The van der Waals surface area contributed by atoms with Crippen LogP contribution < -0.4 is 0 Å². The van der Waals surface area contributed by atoms with E-state index in [4.69, 9.17) is 0 Å². The van der Waals surface area contributed by atoms with Gasteiger partial charge in [0.2, 0.25) is 0 Å². The molecular formula is C12H14N4. The first-order valence-electron chi connectivity index (χ1n) is 5.11. The van der Waals surface area contributed by atoms with Crippen LogP contribution in [0.4, 0.5) is 0 Å². The smallest absolute Gasteiger partial charge is 0.144 e. The summed E-state index contributed by atoms with van der Waals surface area (Å²) in [7, 11) is 0. The van der Waals surface area contributed by atoms with Crippen molar-refractivity contribution in [2.24, 2.45) is 0 Å². The fourth-order valence-electron chi connectivity index (χ4n) is 1.57. The largest absolute Gasteiger partial charge is 0.287 e. The molecule has 16 heavy (non-hydrogen) atoms. The van der Waals surface area contributed by atoms with Crippen LogP contribution in [-0.2, 0) is 0 Å². The van der Waals surface area contributed by atoms with Crippen molar-refractivity contribution in [3.8, 4) is 5.82 Å². The first-order valence-corrected chi connectivity index (χ1v) is 5.11. The third kappa shape index (κ3) is 1.74. The molecule has 2 aromatic rings. The van der Waals surface area contributed by atoms with E-state index in [9.17, 15) is 0 Å². The number of imidazole rings is 1. The second-order valence-electron chi connectivity index (χ2n) is 3.71. The Balaban J connectivity index is 2.61. The Morgan fingerprint density at radius 3 is 2.62 bits per heavy atom. The Kier molecular flexibility index (Phi) is 2.56. The summed E-state index contributed by atoms with van der Waals surface area (Å²) >= 11 is 0. The van der Waals surface area contributed by atoms with Crippen LogP contribution in [-0.4, -0.2) is 19.5 Å². The standard InChI is InChI=1S/C12H14N4/c1-5-11-7-16(10(4)15-11)12-8(2)6-13-9(3)14-12/h5-7H,1H2,2-4H3. The maximum absolute atomic E-state index is 4.43. The Morgan fingerprint density at radius 2 is 2.00 bits per heavy atom. The third-order valence-electron chi connectivity index (χ3n) is 2.40. The van der Waals surface area contributed by atoms with Gasteiger partial charge in [-0.2, -0.15) is 0 Å². The van der Waals surface area contributed by atoms with E-state index in [0.717, 1.165) is 28.7 Å². The number of nitrogens with zero attached hydrogens (tertiary/aromatic N) is 4. The van der Waals surface area contributed by atoms with E-state index in [1.807, 2.05) is 37.7 Å². The lowest BCUT2D eigenvalue weighted by molar-refractivity contribution is 0.884. The Hall–Kier alpha value is -1.97. The predicted octanol–water partition coefficient (Wildman–Crippen LogP) is 2.23. The second kappa shape index (κ2) is 3.89. The van der Waals surface area contributed by atoms with Crippen LogP contribution in [0.1, 0.15) is 22.9 Å². The molecule has 0 fully saturated rings. The minimum absolute atomic E-state index is 0.758. The molecule has 4 nitrogen and oxygen atoms in total. The van der Waals surface area contributed by atoms with Gasteiger partial charge < -0.3 is 0 Å². The van der Waals surface area contributed by atoms with Gasteiger partial charge in [0, 0.05) is 18.0 Å². The molecule has 2 aromatic heterocycles. The van der Waals surface area contributed by atoms with E-state index < -0.39 is 0 Å². The van der Waals surface area contributed by atoms with Crippen LogP contribution in [0.3, 0.4) is 0 Å². The molecule has 0 atom stereocenters. The van der Waals surface area contributed by atoms with Crippen molar-refractivity contribution in [2.75, 3.05) is 0 Å². The van der Waals surface area contributed by atoms with Crippen molar-refractivity contribution in [3.63, 3.8) is 0 Å². The SMILES string of the molecule is C=Cc1cn(-c2nc(C)ncc2C)c(C)n1. The minimum Gasteiger partial charge on any atom is -0.287 e. The van der Waals surface area contributed by atoms with Crippen molar-refractivity contribution in [1.29, 1.82) is 0 Å². The summed E-state index contributed by atoms with van der Waals surface area (Å²) < 4.78 is 1.96. The highest BCUT2D eigenvalue weighted by Gasteiger charge is 2.08. The maximum atomic E-state index is 4.43. The van der Waals surface area contributed by atoms with E-state index in [2.05, 4.69) is 21.5 Å². The number of hydrogen-bond acceptors (Lipinski definition) is 3. The highest BCUT2D eigenvalue weighted by molar-refractivity contribution is 5.43. The predicted molar refractivity (Wildman–Crippen MR) is 63.5 cm³/mol. The molecule has 82 valence electrons. The third-order valence-corrected chi connectivity index (χ3v) is 2.40. The van der Waals surface area contributed by atoms with Gasteiger partial charge in [-0.1, -0.05) is 6.58 Å². The number of aryl methyl sites for hydroxylation is 3. The molecule has 0 bridgehead atoms. The average molecular weight is 214 g/mol. The molecule has 0 saturated heterocycles. The van der Waals surface area contributed by atoms with E-state index in [-0.39, 0.29) is 0 Å². The highest BCUT2D eigenvalue weighted by Crippen LogP contribution is 2.14. The molecule has 2 heterocycles. The minimum atomic E-state index is 0.758. The summed E-state index contributed by atoms with van der Waals surface area (Å²) in [6.07, 6.45) is 5.48. The quantitative estimate of drug-likeness (QED) is 0.770. The van der Waals surface area contributed by atoms with Gasteiger partial charge in [0.05, 0.1) is 5.69 Å². The van der Waals surface area contributed by atoms with E-state index in [1.165, 1.54) is 0 Å². The zero-order valence-corrected chi connectivity index (χ0v) is 9.73. The zero-order valence-electron chi connectivity index (χ0n) is 9.73. The molecule has 0 unspecified atom stereocenters. The van der Waals surface area contributed by atoms with Crippen LogP contribution in [0.5, 0.6) is 0 Å². The molecule has 0 aliphatic carbocycles. The second-order valence-corrected chi connectivity index (χ2v) is 3.71. The van der Waals surface area contributed by atoms with Crippen LogP contribution in [0, 0.1) is 20.8 Å². The topological polar surface area (TPSA) is 43.6 Å². The lowest BCUT2D eigenvalue weighted by Gasteiger charge is -2.07. The van der Waals surface area contributed by atoms with Crippen molar-refractivity contribution in [1.82, 2.24) is 19.5 Å². The monoisotopic (exact) mass is 214 g/mol. The van der Waals surface area contributed by atoms with Crippen LogP contribution >= 0.6 is 0 Å². The normalized spacial score (nSPS) is 10.4. The fraction of sp³-hybridized carbons (Fsp3) is 0.250. The molecular weight excluding hydrogens is 200 g/mol. The van der Waals surface area contributed by atoms with E-state index >= 15 is 0 Å². The molecule has 0 aliphatic heterocycles. The Labute approximate surface area is 94.7 Å². The van der Waals surface area contributed by atoms with Crippen LogP contribution in [0.15, 0.2) is 19.0 Å². The molecule has 0 N–H and O–H groups in total.